The Bertz CT molecular complexity index is 455. The zero-order valence-electron chi connectivity index (χ0n) is 9.60. The fourth-order valence-corrected chi connectivity index (χ4v) is 2.52. The lowest BCUT2D eigenvalue weighted by molar-refractivity contribution is -0.132. The molecule has 1 aliphatic rings. The molecule has 1 atom stereocenters. The van der Waals surface area contributed by atoms with Gasteiger partial charge in [0.2, 0.25) is 0 Å². The first-order chi connectivity index (χ1) is 8.56. The molecule has 0 saturated carbocycles. The minimum Gasteiger partial charge on any atom is -0.482 e. The molecule has 0 radical (unpaired) electrons. The number of hydrogen-bond acceptors (Lipinski definition) is 3. The molecular weight excluding hydrogens is 321 g/mol. The Morgan fingerprint density at radius 2 is 2.39 bits per heavy atom. The molecule has 1 fully saturated rings. The number of benzene rings is 1. The molecule has 2 rings (SSSR count). The van der Waals surface area contributed by atoms with Gasteiger partial charge in [-0.3, -0.25) is 4.79 Å². The van der Waals surface area contributed by atoms with E-state index in [1.54, 1.807) is 23.1 Å². The van der Waals surface area contributed by atoms with Gasteiger partial charge in [0.25, 0.3) is 5.91 Å². The maximum atomic E-state index is 11.8. The third kappa shape index (κ3) is 3.37. The molecule has 6 heteroatoms. The van der Waals surface area contributed by atoms with Gasteiger partial charge in [0.1, 0.15) is 5.75 Å². The monoisotopic (exact) mass is 333 g/mol. The van der Waals surface area contributed by atoms with E-state index in [9.17, 15) is 9.90 Å². The highest BCUT2D eigenvalue weighted by Crippen LogP contribution is 2.27. The van der Waals surface area contributed by atoms with E-state index in [1.165, 1.54) is 0 Å². The van der Waals surface area contributed by atoms with Crippen molar-refractivity contribution < 1.29 is 14.6 Å². The Balaban J connectivity index is 1.89. The van der Waals surface area contributed by atoms with Crippen LogP contribution < -0.4 is 4.74 Å². The number of carbonyl (C=O) groups is 1. The van der Waals surface area contributed by atoms with Crippen molar-refractivity contribution in [1.29, 1.82) is 0 Å². The Hall–Kier alpha value is -0.780. The highest BCUT2D eigenvalue weighted by molar-refractivity contribution is 9.10. The zero-order chi connectivity index (χ0) is 13.1. The number of aliphatic hydroxyl groups is 1. The van der Waals surface area contributed by atoms with Crippen LogP contribution in [0.4, 0.5) is 0 Å². The Morgan fingerprint density at radius 1 is 1.61 bits per heavy atom. The summed E-state index contributed by atoms with van der Waals surface area (Å²) in [6, 6.07) is 5.21. The van der Waals surface area contributed by atoms with Crippen LogP contribution in [0.25, 0.3) is 0 Å². The summed E-state index contributed by atoms with van der Waals surface area (Å²) in [5.74, 6) is 0.346. The predicted octanol–water partition coefficient (Wildman–Crippen LogP) is 2.07. The van der Waals surface area contributed by atoms with Crippen LogP contribution in [0.15, 0.2) is 22.7 Å². The number of β-amino-alcohol motifs (C(OH)–C–C–N with tert-alkyl or cyclic N) is 1. The van der Waals surface area contributed by atoms with Gasteiger partial charge in [0.15, 0.2) is 6.61 Å². The summed E-state index contributed by atoms with van der Waals surface area (Å²) in [6.07, 6.45) is 0.218. The standard InChI is InChI=1S/C12H13BrClNO3/c13-8-1-2-11(10(14)5-8)18-7-12(17)15-4-3-9(16)6-15/h1-2,5,9,16H,3-4,6-7H2. The first-order valence-corrected chi connectivity index (χ1v) is 6.77. The third-order valence-corrected chi connectivity index (χ3v) is 3.55. The van der Waals surface area contributed by atoms with Crippen molar-refractivity contribution in [3.63, 3.8) is 0 Å². The lowest BCUT2D eigenvalue weighted by Crippen LogP contribution is -2.33. The van der Waals surface area contributed by atoms with E-state index in [0.29, 0.717) is 30.3 Å². The van der Waals surface area contributed by atoms with Gasteiger partial charge >= 0.3 is 0 Å². The molecule has 0 aromatic heterocycles. The summed E-state index contributed by atoms with van der Waals surface area (Å²) in [5.41, 5.74) is 0. The Morgan fingerprint density at radius 3 is 3.00 bits per heavy atom. The van der Waals surface area contributed by atoms with Gasteiger partial charge in [-0.25, -0.2) is 0 Å². The van der Waals surface area contributed by atoms with Gasteiger partial charge in [0, 0.05) is 17.6 Å². The molecule has 1 aromatic rings. The highest BCUT2D eigenvalue weighted by Gasteiger charge is 2.24. The van der Waals surface area contributed by atoms with E-state index >= 15 is 0 Å². The maximum absolute atomic E-state index is 11.8. The van der Waals surface area contributed by atoms with Crippen LogP contribution in [-0.4, -0.2) is 41.7 Å². The molecule has 1 aliphatic heterocycles. The normalized spacial score (nSPS) is 19.1. The second kappa shape index (κ2) is 5.91. The summed E-state index contributed by atoms with van der Waals surface area (Å²) >= 11 is 9.27. The number of likely N-dealkylation sites (tertiary alicyclic amines) is 1. The van der Waals surface area contributed by atoms with Crippen molar-refractivity contribution in [2.75, 3.05) is 19.7 Å². The molecule has 4 nitrogen and oxygen atoms in total. The largest absolute Gasteiger partial charge is 0.482 e. The second-order valence-electron chi connectivity index (χ2n) is 4.15. The minimum atomic E-state index is -0.412. The van der Waals surface area contributed by atoms with Crippen LogP contribution in [0.3, 0.4) is 0 Å². The maximum Gasteiger partial charge on any atom is 0.260 e. The van der Waals surface area contributed by atoms with Gasteiger partial charge in [-0.2, -0.15) is 0 Å². The molecule has 1 N–H and O–H groups in total. The summed E-state index contributed by atoms with van der Waals surface area (Å²) in [7, 11) is 0. The summed E-state index contributed by atoms with van der Waals surface area (Å²) in [4.78, 5) is 13.4. The van der Waals surface area contributed by atoms with Crippen LogP contribution in [0, 0.1) is 0 Å². The van der Waals surface area contributed by atoms with Crippen molar-refractivity contribution in [1.82, 2.24) is 4.90 Å². The number of nitrogens with zero attached hydrogens (tertiary/aromatic N) is 1. The van der Waals surface area contributed by atoms with Gasteiger partial charge in [0.05, 0.1) is 11.1 Å². The molecule has 18 heavy (non-hydrogen) atoms. The molecule has 1 heterocycles. The lowest BCUT2D eigenvalue weighted by Gasteiger charge is -2.16. The molecule has 1 unspecified atom stereocenters. The lowest BCUT2D eigenvalue weighted by atomic mass is 10.3. The van der Waals surface area contributed by atoms with E-state index in [0.717, 1.165) is 4.47 Å². The SMILES string of the molecule is O=C(COc1ccc(Br)cc1Cl)N1CCC(O)C1. The number of amides is 1. The summed E-state index contributed by atoms with van der Waals surface area (Å²) in [6.45, 7) is 0.905. The van der Waals surface area contributed by atoms with Crippen LogP contribution in [0.2, 0.25) is 5.02 Å². The quantitative estimate of drug-likeness (QED) is 0.921. The van der Waals surface area contributed by atoms with Crippen molar-refractivity contribution >= 4 is 33.4 Å². The molecule has 98 valence electrons. The van der Waals surface area contributed by atoms with E-state index < -0.39 is 6.10 Å². The molecule has 0 bridgehead atoms. The molecule has 0 aliphatic carbocycles. The fraction of sp³-hybridized carbons (Fsp3) is 0.417. The highest BCUT2D eigenvalue weighted by atomic mass is 79.9. The number of halogens is 2. The van der Waals surface area contributed by atoms with Crippen molar-refractivity contribution in [2.45, 2.75) is 12.5 Å². The third-order valence-electron chi connectivity index (χ3n) is 2.76. The first kappa shape index (κ1) is 13.6. The topological polar surface area (TPSA) is 49.8 Å². The molecule has 1 aromatic carbocycles. The summed E-state index contributed by atoms with van der Waals surface area (Å²) < 4.78 is 6.23. The molecular formula is C12H13BrClNO3. The fourth-order valence-electron chi connectivity index (χ4n) is 1.79. The van der Waals surface area contributed by atoms with Crippen molar-refractivity contribution in [2.24, 2.45) is 0 Å². The summed E-state index contributed by atoms with van der Waals surface area (Å²) in [5, 5.41) is 9.80. The van der Waals surface area contributed by atoms with E-state index in [1.807, 2.05) is 0 Å². The number of ether oxygens (including phenoxy) is 1. The number of carbonyl (C=O) groups excluding carboxylic acids is 1. The zero-order valence-corrected chi connectivity index (χ0v) is 11.9. The minimum absolute atomic E-state index is 0.0614. The first-order valence-electron chi connectivity index (χ1n) is 5.60. The van der Waals surface area contributed by atoms with Crippen LogP contribution in [0.1, 0.15) is 6.42 Å². The number of aliphatic hydroxyl groups excluding tert-OH is 1. The predicted molar refractivity (Wildman–Crippen MR) is 71.9 cm³/mol. The Labute approximate surface area is 119 Å². The van der Waals surface area contributed by atoms with Gasteiger partial charge in [-0.15, -0.1) is 0 Å². The van der Waals surface area contributed by atoms with Crippen molar-refractivity contribution in [3.8, 4) is 5.75 Å². The second-order valence-corrected chi connectivity index (χ2v) is 5.47. The van der Waals surface area contributed by atoms with Gasteiger partial charge < -0.3 is 14.7 Å². The van der Waals surface area contributed by atoms with Crippen LogP contribution in [0.5, 0.6) is 5.75 Å². The number of hydrogen-bond donors (Lipinski definition) is 1. The van der Waals surface area contributed by atoms with E-state index in [2.05, 4.69) is 15.9 Å². The van der Waals surface area contributed by atoms with Gasteiger partial charge in [-0.05, 0) is 24.6 Å². The Kier molecular flexibility index (Phi) is 4.48. The molecule has 1 saturated heterocycles. The molecule has 0 spiro atoms. The number of rotatable bonds is 3. The van der Waals surface area contributed by atoms with Crippen LogP contribution in [-0.2, 0) is 4.79 Å². The smallest absolute Gasteiger partial charge is 0.260 e. The van der Waals surface area contributed by atoms with Crippen LogP contribution >= 0.6 is 27.5 Å². The van der Waals surface area contributed by atoms with E-state index in [4.69, 9.17) is 16.3 Å². The average molecular weight is 335 g/mol. The van der Waals surface area contributed by atoms with Crippen molar-refractivity contribution in [3.05, 3.63) is 27.7 Å². The average Bonchev–Trinajstić information content (AvgIpc) is 2.74. The van der Waals surface area contributed by atoms with E-state index in [-0.39, 0.29) is 12.5 Å². The van der Waals surface area contributed by atoms with Gasteiger partial charge in [-0.1, -0.05) is 27.5 Å². The molecule has 1 amide bonds.